The molecule has 82 valence electrons. The zero-order valence-electron chi connectivity index (χ0n) is 9.05. The summed E-state index contributed by atoms with van der Waals surface area (Å²) in [4.78, 5) is 12.4. The summed E-state index contributed by atoms with van der Waals surface area (Å²) in [6.07, 6.45) is 7.12. The largest absolute Gasteiger partial charge is 0.358 e. The zero-order chi connectivity index (χ0) is 10.9. The van der Waals surface area contributed by atoms with E-state index in [1.165, 1.54) is 0 Å². The molecule has 0 aromatic carbocycles. The highest BCUT2D eigenvalue weighted by Crippen LogP contribution is 2.58. The first-order valence-corrected chi connectivity index (χ1v) is 6.34. The van der Waals surface area contributed by atoms with Crippen molar-refractivity contribution >= 4 is 21.7 Å². The van der Waals surface area contributed by atoms with Crippen molar-refractivity contribution in [1.29, 1.82) is 0 Å². The molecule has 0 aromatic heterocycles. The first kappa shape index (κ1) is 10.0. The molecule has 4 atom stereocenters. The Kier molecular flexibility index (Phi) is 1.72. The molecule has 1 aliphatic carbocycles. The Morgan fingerprint density at radius 2 is 2.20 bits per heavy atom. The van der Waals surface area contributed by atoms with Crippen LogP contribution in [0.1, 0.15) is 33.1 Å². The topological polar surface area (TPSA) is 26.3 Å². The van der Waals surface area contributed by atoms with Crippen molar-refractivity contribution in [2.24, 2.45) is 5.92 Å². The number of alkyl halides is 1. The Morgan fingerprint density at radius 3 is 2.93 bits per heavy atom. The van der Waals surface area contributed by atoms with E-state index >= 15 is 0 Å². The number of hydrogen-bond donors (Lipinski definition) is 0. The lowest BCUT2D eigenvalue weighted by Crippen LogP contribution is -2.65. The Labute approximate surface area is 98.2 Å². The van der Waals surface area contributed by atoms with Crippen molar-refractivity contribution in [3.8, 4) is 0 Å². The van der Waals surface area contributed by atoms with Gasteiger partial charge in [-0.1, -0.05) is 34.5 Å². The molecule has 2 aliphatic heterocycles. The van der Waals surface area contributed by atoms with Crippen molar-refractivity contribution in [1.82, 2.24) is 0 Å². The number of hydrogen-bond acceptors (Lipinski definition) is 2. The van der Waals surface area contributed by atoms with Gasteiger partial charge in [-0.3, -0.25) is 4.79 Å². The van der Waals surface area contributed by atoms with Crippen LogP contribution in [-0.2, 0) is 9.53 Å². The lowest BCUT2D eigenvalue weighted by atomic mass is 9.67. The van der Waals surface area contributed by atoms with Gasteiger partial charge in [-0.25, -0.2) is 0 Å². The van der Waals surface area contributed by atoms with E-state index in [-0.39, 0.29) is 11.5 Å². The molecule has 4 unspecified atom stereocenters. The molecule has 1 saturated heterocycles. The maximum atomic E-state index is 12.4. The summed E-state index contributed by atoms with van der Waals surface area (Å²) in [7, 11) is 0. The minimum absolute atomic E-state index is 0.0393. The van der Waals surface area contributed by atoms with Crippen LogP contribution in [0.25, 0.3) is 0 Å². The van der Waals surface area contributed by atoms with E-state index in [9.17, 15) is 4.79 Å². The smallest absolute Gasteiger partial charge is 0.159 e. The molecule has 3 aliphatic rings. The summed E-state index contributed by atoms with van der Waals surface area (Å²) in [6.45, 7) is 4.05. The van der Waals surface area contributed by atoms with Gasteiger partial charge in [-0.15, -0.1) is 0 Å². The van der Waals surface area contributed by atoms with E-state index in [1.54, 1.807) is 0 Å². The first-order chi connectivity index (χ1) is 6.91. The summed E-state index contributed by atoms with van der Waals surface area (Å²) >= 11 is 3.66. The molecule has 0 aromatic rings. The van der Waals surface area contributed by atoms with Crippen LogP contribution in [0.15, 0.2) is 12.2 Å². The molecular weight excluding hydrogens is 256 g/mol. The normalized spacial score (nSPS) is 57.3. The van der Waals surface area contributed by atoms with Crippen molar-refractivity contribution in [2.45, 2.75) is 48.6 Å². The maximum absolute atomic E-state index is 12.4. The lowest BCUT2D eigenvalue weighted by molar-refractivity contribution is -0.180. The average molecular weight is 271 g/mol. The van der Waals surface area contributed by atoms with Crippen molar-refractivity contribution in [3.63, 3.8) is 0 Å². The predicted octanol–water partition coefficient (Wildman–Crippen LogP) is 2.61. The monoisotopic (exact) mass is 270 g/mol. The molecule has 3 rings (SSSR count). The molecule has 15 heavy (non-hydrogen) atoms. The first-order valence-electron chi connectivity index (χ1n) is 5.55. The summed E-state index contributed by atoms with van der Waals surface area (Å²) in [6, 6.07) is 0. The summed E-state index contributed by atoms with van der Waals surface area (Å²) < 4.78 is 5.66. The molecule has 1 saturated carbocycles. The molecular formula is C12H15BrO2. The highest BCUT2D eigenvalue weighted by atomic mass is 79.9. The Hall–Kier alpha value is -0.150. The van der Waals surface area contributed by atoms with Crippen LogP contribution in [0.4, 0.5) is 0 Å². The van der Waals surface area contributed by atoms with E-state index in [1.807, 2.05) is 13.8 Å². The highest BCUT2D eigenvalue weighted by Gasteiger charge is 2.66. The highest BCUT2D eigenvalue weighted by molar-refractivity contribution is 9.10. The fourth-order valence-corrected chi connectivity index (χ4v) is 4.14. The second-order valence-electron chi connectivity index (χ2n) is 5.34. The van der Waals surface area contributed by atoms with E-state index in [4.69, 9.17) is 4.74 Å². The van der Waals surface area contributed by atoms with Gasteiger partial charge in [0.1, 0.15) is 9.93 Å². The third-order valence-electron chi connectivity index (χ3n) is 4.36. The molecule has 2 nitrogen and oxygen atoms in total. The van der Waals surface area contributed by atoms with Crippen molar-refractivity contribution < 1.29 is 9.53 Å². The van der Waals surface area contributed by atoms with E-state index in [0.717, 1.165) is 19.3 Å². The Bertz CT molecular complexity index is 378. The van der Waals surface area contributed by atoms with Gasteiger partial charge in [0.2, 0.25) is 0 Å². The summed E-state index contributed by atoms with van der Waals surface area (Å²) in [5, 5.41) is 0. The molecule has 0 radical (unpaired) electrons. The maximum Gasteiger partial charge on any atom is 0.159 e. The molecule has 3 heteroatoms. The van der Waals surface area contributed by atoms with Crippen molar-refractivity contribution in [3.05, 3.63) is 12.2 Å². The minimum atomic E-state index is -0.477. The third-order valence-corrected chi connectivity index (χ3v) is 5.94. The number of ether oxygens (including phenoxy) is 1. The van der Waals surface area contributed by atoms with E-state index < -0.39 is 9.93 Å². The summed E-state index contributed by atoms with van der Waals surface area (Å²) in [5.41, 5.74) is -0.806. The van der Waals surface area contributed by atoms with Gasteiger partial charge in [-0.05, 0) is 26.7 Å². The summed E-state index contributed by atoms with van der Waals surface area (Å²) in [5.74, 6) is 0.382. The second kappa shape index (κ2) is 2.57. The molecule has 0 spiro atoms. The standard InChI is InChI=1S/C12H15BrO2/c1-10-6-7-11(2,15-10)12(13)5-3-4-8(10)9(12)14/h6-8H,3-5H2,1-2H3. The lowest BCUT2D eigenvalue weighted by Gasteiger charge is -2.53. The number of carbonyl (C=O) groups excluding carboxylic acids is 1. The van der Waals surface area contributed by atoms with Gasteiger partial charge in [0.15, 0.2) is 5.78 Å². The number of ketones is 1. The Balaban J connectivity index is 2.19. The van der Waals surface area contributed by atoms with Crippen molar-refractivity contribution in [2.75, 3.05) is 0 Å². The van der Waals surface area contributed by atoms with Gasteiger partial charge in [0.25, 0.3) is 0 Å². The molecule has 0 N–H and O–H groups in total. The van der Waals surface area contributed by atoms with E-state index in [2.05, 4.69) is 28.1 Å². The number of fused-ring (bicyclic) bond motifs is 6. The van der Waals surface area contributed by atoms with Gasteiger partial charge in [0.05, 0.1) is 11.5 Å². The van der Waals surface area contributed by atoms with Crippen LogP contribution in [0.5, 0.6) is 0 Å². The molecule has 2 heterocycles. The van der Waals surface area contributed by atoms with E-state index in [0.29, 0.717) is 5.78 Å². The van der Waals surface area contributed by atoms with Gasteiger partial charge < -0.3 is 4.74 Å². The number of rotatable bonds is 0. The molecule has 4 bridgehead atoms. The second-order valence-corrected chi connectivity index (χ2v) is 6.69. The number of carbonyl (C=O) groups is 1. The minimum Gasteiger partial charge on any atom is -0.358 e. The number of halogens is 1. The van der Waals surface area contributed by atoms with Crippen LogP contribution in [-0.4, -0.2) is 21.3 Å². The van der Waals surface area contributed by atoms with Gasteiger partial charge in [0, 0.05) is 0 Å². The third kappa shape index (κ3) is 0.967. The average Bonchev–Trinajstić information content (AvgIpc) is 2.48. The van der Waals surface area contributed by atoms with Gasteiger partial charge >= 0.3 is 0 Å². The molecule has 0 amide bonds. The van der Waals surface area contributed by atoms with Crippen LogP contribution in [0.3, 0.4) is 0 Å². The number of Topliss-reactive ketones (excluding diaryl/α,β-unsaturated/α-hetero) is 1. The SMILES string of the molecule is CC12C=CC(C)(O1)C1(Br)CCCC2C1=O. The quantitative estimate of drug-likeness (QED) is 0.500. The van der Waals surface area contributed by atoms with Gasteiger partial charge in [-0.2, -0.15) is 0 Å². The zero-order valence-corrected chi connectivity index (χ0v) is 10.6. The van der Waals surface area contributed by atoms with Crippen LogP contribution in [0, 0.1) is 5.92 Å². The van der Waals surface area contributed by atoms with Crippen LogP contribution < -0.4 is 0 Å². The van der Waals surface area contributed by atoms with Crippen LogP contribution in [0.2, 0.25) is 0 Å². The predicted molar refractivity (Wildman–Crippen MR) is 61.0 cm³/mol. The Morgan fingerprint density at radius 1 is 1.47 bits per heavy atom. The fourth-order valence-electron chi connectivity index (χ4n) is 3.37. The fraction of sp³-hybridized carbons (Fsp3) is 0.750. The van der Waals surface area contributed by atoms with Crippen LogP contribution >= 0.6 is 15.9 Å². The molecule has 2 fully saturated rings.